The Morgan fingerprint density at radius 3 is 2.41 bits per heavy atom. The number of piperidine rings is 4. The van der Waals surface area contributed by atoms with Gasteiger partial charge in [0.1, 0.15) is 11.9 Å². The van der Waals surface area contributed by atoms with Crippen LogP contribution in [0.15, 0.2) is 12.1 Å². The van der Waals surface area contributed by atoms with Crippen LogP contribution < -0.4 is 15.8 Å². The predicted octanol–water partition coefficient (Wildman–Crippen LogP) is 3.79. The lowest BCUT2D eigenvalue weighted by Gasteiger charge is -2.43. The van der Waals surface area contributed by atoms with Crippen LogP contribution in [0.25, 0.3) is 0 Å². The van der Waals surface area contributed by atoms with Crippen LogP contribution in [0.3, 0.4) is 0 Å². The number of nitrogens with zero attached hydrogens (tertiary/aromatic N) is 2. The molecule has 3 N–H and O–H groups in total. The summed E-state index contributed by atoms with van der Waals surface area (Å²) in [6, 6.07) is 2.98. The van der Waals surface area contributed by atoms with E-state index in [0.717, 1.165) is 77.8 Å². The number of rotatable bonds is 11. The molecule has 1 aromatic rings. The van der Waals surface area contributed by atoms with Gasteiger partial charge >= 0.3 is 5.97 Å². The molecule has 2 unspecified atom stereocenters. The second kappa shape index (κ2) is 16.1. The molecule has 9 nitrogen and oxygen atoms in total. The van der Waals surface area contributed by atoms with Gasteiger partial charge in [0.25, 0.3) is 5.91 Å². The van der Waals surface area contributed by atoms with Crippen molar-refractivity contribution >= 4 is 54.0 Å². The molecular formula is C27H43Cl3N4O5. The van der Waals surface area contributed by atoms with Crippen LogP contribution in [0, 0.1) is 5.92 Å². The van der Waals surface area contributed by atoms with E-state index in [-0.39, 0.29) is 54.9 Å². The van der Waals surface area contributed by atoms with E-state index in [0.29, 0.717) is 34.4 Å². The van der Waals surface area contributed by atoms with E-state index in [9.17, 15) is 9.59 Å². The first kappa shape index (κ1) is 33.7. The number of anilines is 1. The maximum Gasteiger partial charge on any atom is 0.306 e. The minimum Gasteiger partial charge on any atom is -0.496 e. The molecule has 4 aliphatic rings. The zero-order valence-corrected chi connectivity index (χ0v) is 25.3. The van der Waals surface area contributed by atoms with E-state index in [1.54, 1.807) is 13.2 Å². The van der Waals surface area contributed by atoms with Gasteiger partial charge in [-0.3, -0.25) is 14.5 Å². The summed E-state index contributed by atoms with van der Waals surface area (Å²) in [6.45, 7) is 5.76. The highest BCUT2D eigenvalue weighted by molar-refractivity contribution is 6.33. The van der Waals surface area contributed by atoms with Crippen LogP contribution in [0.5, 0.6) is 5.75 Å². The third-order valence-corrected chi connectivity index (χ3v) is 8.39. The number of carbonyl (C=O) groups is 2. The number of nitrogen functional groups attached to an aromatic ring is 1. The number of halogens is 3. The van der Waals surface area contributed by atoms with Crippen LogP contribution >= 0.6 is 36.4 Å². The van der Waals surface area contributed by atoms with Gasteiger partial charge in [-0.2, -0.15) is 0 Å². The van der Waals surface area contributed by atoms with Gasteiger partial charge in [-0.05, 0) is 63.7 Å². The van der Waals surface area contributed by atoms with E-state index >= 15 is 0 Å². The molecule has 0 spiro atoms. The highest BCUT2D eigenvalue weighted by Gasteiger charge is 2.36. The van der Waals surface area contributed by atoms with Gasteiger partial charge in [0.15, 0.2) is 0 Å². The Bertz CT molecular complexity index is 948. The second-order valence-corrected chi connectivity index (χ2v) is 10.9. The lowest BCUT2D eigenvalue weighted by Crippen LogP contribution is -2.54. The molecule has 4 heterocycles. The first-order valence-corrected chi connectivity index (χ1v) is 13.9. The predicted molar refractivity (Wildman–Crippen MR) is 158 cm³/mol. The van der Waals surface area contributed by atoms with E-state index in [2.05, 4.69) is 15.1 Å². The summed E-state index contributed by atoms with van der Waals surface area (Å²) in [5, 5.41) is 3.40. The molecule has 1 aromatic carbocycles. The average Bonchev–Trinajstić information content (AvgIpc) is 2.91. The maximum absolute atomic E-state index is 13.0. The van der Waals surface area contributed by atoms with Gasteiger partial charge in [-0.15, -0.1) is 24.8 Å². The SMILES string of the molecule is COc1cc(N)c(Cl)cc1C(=O)NC1CCN(CCCCCC(=O)OC2CN3CCC2CC3)C[C@@H]1OC.Cl.Cl. The Labute approximate surface area is 249 Å². The fraction of sp³-hybridized carbons (Fsp3) is 0.704. The Morgan fingerprint density at radius 1 is 1.03 bits per heavy atom. The van der Waals surface area contributed by atoms with Crippen molar-refractivity contribution in [2.24, 2.45) is 5.92 Å². The van der Waals surface area contributed by atoms with Crippen molar-refractivity contribution in [3.63, 3.8) is 0 Å². The molecular weight excluding hydrogens is 567 g/mol. The molecule has 12 heteroatoms. The number of nitrogens with one attached hydrogen (secondary N) is 1. The van der Waals surface area contributed by atoms with E-state index in [1.807, 2.05) is 0 Å². The molecule has 0 aromatic heterocycles. The van der Waals surface area contributed by atoms with Crippen LogP contribution in [-0.2, 0) is 14.3 Å². The first-order valence-electron chi connectivity index (χ1n) is 13.5. The lowest BCUT2D eigenvalue weighted by atomic mass is 9.86. The van der Waals surface area contributed by atoms with E-state index in [1.165, 1.54) is 13.2 Å². The van der Waals surface area contributed by atoms with Gasteiger partial charge in [-0.25, -0.2) is 0 Å². The molecule has 4 saturated heterocycles. The molecule has 0 saturated carbocycles. The Hall–Kier alpha value is -1.49. The lowest BCUT2D eigenvalue weighted by molar-refractivity contribution is -0.158. The summed E-state index contributed by atoms with van der Waals surface area (Å²) in [5.41, 5.74) is 6.56. The van der Waals surface area contributed by atoms with Crippen molar-refractivity contribution in [3.8, 4) is 5.75 Å². The monoisotopic (exact) mass is 608 g/mol. The molecule has 3 atom stereocenters. The first-order chi connectivity index (χ1) is 17.9. The normalized spacial score (nSPS) is 26.2. The number of esters is 1. The average molecular weight is 610 g/mol. The maximum atomic E-state index is 13.0. The number of hydrogen-bond donors (Lipinski definition) is 2. The molecule has 5 rings (SSSR count). The quantitative estimate of drug-likeness (QED) is 0.222. The van der Waals surface area contributed by atoms with Gasteiger partial charge in [0, 0.05) is 39.2 Å². The molecule has 39 heavy (non-hydrogen) atoms. The summed E-state index contributed by atoms with van der Waals surface area (Å²) in [6.07, 6.45) is 6.42. The third kappa shape index (κ3) is 9.00. The third-order valence-electron chi connectivity index (χ3n) is 8.06. The summed E-state index contributed by atoms with van der Waals surface area (Å²) < 4.78 is 16.8. The minimum atomic E-state index is -0.260. The van der Waals surface area contributed by atoms with Crippen LogP contribution in [0.2, 0.25) is 5.02 Å². The minimum absolute atomic E-state index is 0. The molecule has 0 aliphatic carbocycles. The number of fused-ring (bicyclic) bond motifs is 3. The van der Waals surface area contributed by atoms with Gasteiger partial charge in [-0.1, -0.05) is 18.0 Å². The Morgan fingerprint density at radius 2 is 1.77 bits per heavy atom. The number of nitrogens with two attached hydrogens (primary N) is 1. The Kier molecular flexibility index (Phi) is 13.9. The summed E-state index contributed by atoms with van der Waals surface area (Å²) in [7, 11) is 3.17. The van der Waals surface area contributed by atoms with Crippen LogP contribution in [0.1, 0.15) is 55.3 Å². The highest BCUT2D eigenvalue weighted by atomic mass is 35.5. The summed E-state index contributed by atoms with van der Waals surface area (Å²) in [4.78, 5) is 30.0. The van der Waals surface area contributed by atoms with Crippen molar-refractivity contribution in [2.75, 3.05) is 59.2 Å². The smallest absolute Gasteiger partial charge is 0.306 e. The molecule has 1 amide bonds. The molecule has 4 aliphatic heterocycles. The number of hydrogen-bond acceptors (Lipinski definition) is 8. The number of amides is 1. The molecule has 2 bridgehead atoms. The van der Waals surface area contributed by atoms with Gasteiger partial charge in [0.2, 0.25) is 0 Å². The number of unbranched alkanes of at least 4 members (excludes halogenated alkanes) is 2. The van der Waals surface area contributed by atoms with Gasteiger partial charge in [0.05, 0.1) is 35.5 Å². The number of benzene rings is 1. The van der Waals surface area contributed by atoms with Crippen molar-refractivity contribution in [1.29, 1.82) is 0 Å². The van der Waals surface area contributed by atoms with Crippen molar-refractivity contribution in [2.45, 2.75) is 63.2 Å². The molecule has 222 valence electrons. The number of carbonyl (C=O) groups excluding carboxylic acids is 2. The largest absolute Gasteiger partial charge is 0.496 e. The second-order valence-electron chi connectivity index (χ2n) is 10.5. The number of methoxy groups -OCH3 is 2. The van der Waals surface area contributed by atoms with Crippen molar-refractivity contribution in [1.82, 2.24) is 15.1 Å². The number of ether oxygens (including phenoxy) is 3. The van der Waals surface area contributed by atoms with Crippen LogP contribution in [-0.4, -0.2) is 93.4 Å². The highest BCUT2D eigenvalue weighted by Crippen LogP contribution is 2.30. The summed E-state index contributed by atoms with van der Waals surface area (Å²) >= 11 is 6.13. The topological polar surface area (TPSA) is 106 Å². The van der Waals surface area contributed by atoms with Gasteiger partial charge < -0.3 is 30.2 Å². The standard InChI is InChI=1S/C27H41ClN4O5.2ClH/c1-35-23-15-21(29)20(28)14-19(23)27(34)30-22-9-13-31(17-25(22)36-2)10-5-3-4-6-26(33)37-24-16-32-11-7-18(24)8-12-32;;/h14-15,18,22,24-25H,3-13,16-17,29H2,1-2H3,(H,30,34);2*1H/t22?,24?,25-;;/m0../s1. The fourth-order valence-corrected chi connectivity index (χ4v) is 5.97. The van der Waals surface area contributed by atoms with E-state index in [4.69, 9.17) is 31.5 Å². The summed E-state index contributed by atoms with van der Waals surface area (Å²) in [5.74, 6) is 0.637. The fourth-order valence-electron chi connectivity index (χ4n) is 5.80. The zero-order chi connectivity index (χ0) is 26.4. The van der Waals surface area contributed by atoms with Crippen molar-refractivity contribution < 1.29 is 23.8 Å². The zero-order valence-electron chi connectivity index (χ0n) is 22.9. The molecule has 0 radical (unpaired) electrons. The Balaban J connectivity index is 0.00000267. The molecule has 4 fully saturated rings. The number of likely N-dealkylation sites (tertiary alicyclic amines) is 1. The van der Waals surface area contributed by atoms with E-state index < -0.39 is 0 Å². The van der Waals surface area contributed by atoms with Crippen LogP contribution in [0.4, 0.5) is 5.69 Å². The van der Waals surface area contributed by atoms with Crippen molar-refractivity contribution in [3.05, 3.63) is 22.7 Å².